The van der Waals surface area contributed by atoms with Crippen LogP contribution in [0.4, 0.5) is 10.1 Å². The maximum absolute atomic E-state index is 13.6. The minimum Gasteiger partial charge on any atom is -0.310 e. The molecule has 4 heteroatoms. The lowest BCUT2D eigenvalue weighted by Gasteiger charge is -2.16. The van der Waals surface area contributed by atoms with E-state index in [1.54, 1.807) is 18.2 Å². The van der Waals surface area contributed by atoms with Gasteiger partial charge in [0.2, 0.25) is 5.91 Å². The Labute approximate surface area is 89.8 Å². The van der Waals surface area contributed by atoms with Gasteiger partial charge < -0.3 is 4.90 Å². The van der Waals surface area contributed by atoms with E-state index in [2.05, 4.69) is 15.9 Å². The van der Waals surface area contributed by atoms with E-state index in [0.717, 1.165) is 6.42 Å². The van der Waals surface area contributed by atoms with Crippen LogP contribution in [-0.2, 0) is 4.79 Å². The van der Waals surface area contributed by atoms with Crippen LogP contribution in [0.1, 0.15) is 12.8 Å². The molecule has 0 aliphatic carbocycles. The van der Waals surface area contributed by atoms with Crippen LogP contribution in [0.25, 0.3) is 0 Å². The molecule has 0 atom stereocenters. The van der Waals surface area contributed by atoms with Gasteiger partial charge in [-0.3, -0.25) is 4.79 Å². The van der Waals surface area contributed by atoms with Crippen LogP contribution in [0.2, 0.25) is 0 Å². The van der Waals surface area contributed by atoms with Crippen LogP contribution in [-0.4, -0.2) is 12.5 Å². The summed E-state index contributed by atoms with van der Waals surface area (Å²) in [6.07, 6.45) is 1.33. The van der Waals surface area contributed by atoms with Gasteiger partial charge in [0.1, 0.15) is 0 Å². The number of hydrogen-bond acceptors (Lipinski definition) is 1. The Balaban J connectivity index is 2.41. The van der Waals surface area contributed by atoms with Crippen molar-refractivity contribution in [2.45, 2.75) is 12.8 Å². The van der Waals surface area contributed by atoms with Crippen molar-refractivity contribution < 1.29 is 9.18 Å². The number of hydrogen-bond donors (Lipinski definition) is 0. The first-order valence-corrected chi connectivity index (χ1v) is 5.24. The smallest absolute Gasteiger partial charge is 0.227 e. The molecule has 2 rings (SSSR count). The minimum atomic E-state index is -0.359. The van der Waals surface area contributed by atoms with Crippen molar-refractivity contribution in [2.75, 3.05) is 11.4 Å². The highest BCUT2D eigenvalue weighted by Gasteiger charge is 2.24. The second kappa shape index (κ2) is 3.69. The molecule has 0 aromatic heterocycles. The SMILES string of the molecule is O=C1CCCN1c1cccc(Br)c1F. The molecule has 2 nitrogen and oxygen atoms in total. The van der Waals surface area contributed by atoms with Crippen molar-refractivity contribution in [2.24, 2.45) is 0 Å². The Morgan fingerprint density at radius 2 is 2.21 bits per heavy atom. The summed E-state index contributed by atoms with van der Waals surface area (Å²) in [5.74, 6) is -0.357. The Hall–Kier alpha value is -0.900. The molecular weight excluding hydrogens is 249 g/mol. The summed E-state index contributed by atoms with van der Waals surface area (Å²) in [4.78, 5) is 12.9. The summed E-state index contributed by atoms with van der Waals surface area (Å²) in [6, 6.07) is 4.98. The highest BCUT2D eigenvalue weighted by atomic mass is 79.9. The van der Waals surface area contributed by atoms with E-state index < -0.39 is 0 Å². The van der Waals surface area contributed by atoms with E-state index in [0.29, 0.717) is 23.1 Å². The molecule has 1 aromatic carbocycles. The number of carbonyl (C=O) groups is 1. The van der Waals surface area contributed by atoms with Gasteiger partial charge in [0, 0.05) is 13.0 Å². The van der Waals surface area contributed by atoms with E-state index in [4.69, 9.17) is 0 Å². The normalized spacial score (nSPS) is 16.4. The van der Waals surface area contributed by atoms with E-state index in [9.17, 15) is 9.18 Å². The number of carbonyl (C=O) groups excluding carboxylic acids is 1. The molecule has 0 N–H and O–H groups in total. The summed E-state index contributed by atoms with van der Waals surface area (Å²) >= 11 is 3.10. The van der Waals surface area contributed by atoms with Gasteiger partial charge in [-0.25, -0.2) is 4.39 Å². The van der Waals surface area contributed by atoms with Gasteiger partial charge in [-0.1, -0.05) is 6.07 Å². The second-order valence-electron chi connectivity index (χ2n) is 3.22. The zero-order chi connectivity index (χ0) is 10.1. The van der Waals surface area contributed by atoms with Gasteiger partial charge in [0.05, 0.1) is 10.2 Å². The fourth-order valence-electron chi connectivity index (χ4n) is 1.60. The fourth-order valence-corrected chi connectivity index (χ4v) is 1.96. The number of anilines is 1. The first kappa shape index (κ1) is 9.65. The summed E-state index contributed by atoms with van der Waals surface area (Å²) in [7, 11) is 0. The Bertz CT molecular complexity index is 380. The average molecular weight is 258 g/mol. The molecule has 1 aromatic rings. The monoisotopic (exact) mass is 257 g/mol. The number of benzene rings is 1. The molecule has 1 heterocycles. The molecule has 0 bridgehead atoms. The predicted molar refractivity (Wildman–Crippen MR) is 55.7 cm³/mol. The molecule has 1 aliphatic rings. The Kier molecular flexibility index (Phi) is 2.54. The summed E-state index contributed by atoms with van der Waals surface area (Å²) in [6.45, 7) is 0.617. The molecule has 1 saturated heterocycles. The van der Waals surface area contributed by atoms with Crippen LogP contribution in [0.15, 0.2) is 22.7 Å². The standard InChI is InChI=1S/C10H9BrFNO/c11-7-3-1-4-8(10(7)12)13-6-2-5-9(13)14/h1,3-4H,2,5-6H2. The lowest BCUT2D eigenvalue weighted by molar-refractivity contribution is -0.117. The average Bonchev–Trinajstić information content (AvgIpc) is 2.57. The molecule has 1 fully saturated rings. The van der Waals surface area contributed by atoms with Crippen molar-refractivity contribution in [1.82, 2.24) is 0 Å². The lowest BCUT2D eigenvalue weighted by Crippen LogP contribution is -2.24. The van der Waals surface area contributed by atoms with Crippen molar-refractivity contribution in [3.8, 4) is 0 Å². The molecule has 1 amide bonds. The van der Waals surface area contributed by atoms with Crippen LogP contribution in [0.3, 0.4) is 0 Å². The van der Waals surface area contributed by atoms with Crippen molar-refractivity contribution in [1.29, 1.82) is 0 Å². The topological polar surface area (TPSA) is 20.3 Å². The molecule has 0 radical (unpaired) electrons. The number of rotatable bonds is 1. The summed E-state index contributed by atoms with van der Waals surface area (Å²) in [5, 5.41) is 0. The first-order chi connectivity index (χ1) is 6.70. The third-order valence-corrected chi connectivity index (χ3v) is 2.91. The molecule has 74 valence electrons. The summed E-state index contributed by atoms with van der Waals surface area (Å²) < 4.78 is 14.0. The third kappa shape index (κ3) is 1.54. The third-order valence-electron chi connectivity index (χ3n) is 2.30. The van der Waals surface area contributed by atoms with Gasteiger partial charge in [0.15, 0.2) is 5.82 Å². The van der Waals surface area contributed by atoms with Crippen LogP contribution < -0.4 is 4.90 Å². The maximum atomic E-state index is 13.6. The van der Waals surface area contributed by atoms with Gasteiger partial charge >= 0.3 is 0 Å². The Morgan fingerprint density at radius 1 is 1.43 bits per heavy atom. The molecule has 0 saturated carbocycles. The zero-order valence-corrected chi connectivity index (χ0v) is 9.05. The molecular formula is C10H9BrFNO. The van der Waals surface area contributed by atoms with E-state index in [1.165, 1.54) is 4.90 Å². The maximum Gasteiger partial charge on any atom is 0.227 e. The van der Waals surface area contributed by atoms with Gasteiger partial charge in [0.25, 0.3) is 0 Å². The lowest BCUT2D eigenvalue weighted by atomic mass is 10.3. The van der Waals surface area contributed by atoms with E-state index in [1.807, 2.05) is 0 Å². The van der Waals surface area contributed by atoms with Gasteiger partial charge in [-0.05, 0) is 34.5 Å². The van der Waals surface area contributed by atoms with Crippen molar-refractivity contribution in [3.63, 3.8) is 0 Å². The fraction of sp³-hybridized carbons (Fsp3) is 0.300. The molecule has 0 unspecified atom stereocenters. The predicted octanol–water partition coefficient (Wildman–Crippen LogP) is 2.72. The van der Waals surface area contributed by atoms with E-state index >= 15 is 0 Å². The van der Waals surface area contributed by atoms with Crippen molar-refractivity contribution in [3.05, 3.63) is 28.5 Å². The summed E-state index contributed by atoms with van der Waals surface area (Å²) in [5.41, 5.74) is 0.377. The number of halogens is 2. The molecule has 14 heavy (non-hydrogen) atoms. The Morgan fingerprint density at radius 3 is 2.86 bits per heavy atom. The first-order valence-electron chi connectivity index (χ1n) is 4.44. The van der Waals surface area contributed by atoms with E-state index in [-0.39, 0.29) is 11.7 Å². The van der Waals surface area contributed by atoms with Gasteiger partial charge in [-0.15, -0.1) is 0 Å². The second-order valence-corrected chi connectivity index (χ2v) is 4.08. The molecule has 1 aliphatic heterocycles. The van der Waals surface area contributed by atoms with Crippen LogP contribution >= 0.6 is 15.9 Å². The number of nitrogens with zero attached hydrogens (tertiary/aromatic N) is 1. The van der Waals surface area contributed by atoms with Gasteiger partial charge in [-0.2, -0.15) is 0 Å². The number of amides is 1. The minimum absolute atomic E-state index is 0.00185. The van der Waals surface area contributed by atoms with Crippen LogP contribution in [0.5, 0.6) is 0 Å². The zero-order valence-electron chi connectivity index (χ0n) is 7.46. The highest BCUT2D eigenvalue weighted by Crippen LogP contribution is 2.28. The molecule has 0 spiro atoms. The van der Waals surface area contributed by atoms with Crippen molar-refractivity contribution >= 4 is 27.5 Å². The largest absolute Gasteiger partial charge is 0.310 e. The highest BCUT2D eigenvalue weighted by molar-refractivity contribution is 9.10. The van der Waals surface area contributed by atoms with Crippen LogP contribution in [0, 0.1) is 5.82 Å². The quantitative estimate of drug-likeness (QED) is 0.758.